The van der Waals surface area contributed by atoms with Crippen molar-refractivity contribution in [1.29, 1.82) is 5.26 Å². The van der Waals surface area contributed by atoms with Gasteiger partial charge >= 0.3 is 6.09 Å². The van der Waals surface area contributed by atoms with Crippen LogP contribution in [0.3, 0.4) is 0 Å². The molecular weight excluding hydrogens is 568 g/mol. The van der Waals surface area contributed by atoms with Crippen LogP contribution in [0.5, 0.6) is 0 Å². The van der Waals surface area contributed by atoms with E-state index in [4.69, 9.17) is 20.4 Å². The number of likely N-dealkylation sites (tertiary alicyclic amines) is 1. The number of nitrogens with two attached hydrogens (primary N) is 1. The fourth-order valence-corrected chi connectivity index (χ4v) is 7.59. The molecule has 1 aliphatic carbocycles. The molecule has 2 aromatic carbocycles. The predicted molar refractivity (Wildman–Crippen MR) is 171 cm³/mol. The number of nitrogens with one attached hydrogen (secondary N) is 1. The minimum atomic E-state index is -0.752. The quantitative estimate of drug-likeness (QED) is 0.383. The Morgan fingerprint density at radius 2 is 1.87 bits per heavy atom. The van der Waals surface area contributed by atoms with E-state index in [0.717, 1.165) is 56.0 Å². The van der Waals surface area contributed by atoms with Crippen LogP contribution >= 0.6 is 0 Å². The lowest BCUT2D eigenvalue weighted by molar-refractivity contribution is 0.0337. The molecule has 1 unspecified atom stereocenters. The lowest BCUT2D eigenvalue weighted by Crippen LogP contribution is -2.52. The van der Waals surface area contributed by atoms with Crippen molar-refractivity contribution in [3.8, 4) is 6.07 Å². The maximum Gasteiger partial charge on any atom is 0.404 e. The van der Waals surface area contributed by atoms with Gasteiger partial charge in [-0.3, -0.25) is 9.69 Å². The van der Waals surface area contributed by atoms with E-state index >= 15 is 0 Å². The smallest absolute Gasteiger partial charge is 0.404 e. The van der Waals surface area contributed by atoms with Crippen LogP contribution in [0.4, 0.5) is 16.3 Å². The fourth-order valence-electron chi connectivity index (χ4n) is 7.59. The second-order valence-corrected chi connectivity index (χ2v) is 12.9. The maximum absolute atomic E-state index is 14.4. The van der Waals surface area contributed by atoms with Crippen LogP contribution in [0.2, 0.25) is 0 Å². The number of amides is 1. The van der Waals surface area contributed by atoms with Gasteiger partial charge in [0.2, 0.25) is 5.78 Å². The number of anilines is 2. The van der Waals surface area contributed by atoms with Gasteiger partial charge < -0.3 is 25.6 Å². The lowest BCUT2D eigenvalue weighted by Gasteiger charge is -2.38. The van der Waals surface area contributed by atoms with Gasteiger partial charge in [-0.2, -0.15) is 5.26 Å². The number of piperidine rings is 1. The first-order valence-electron chi connectivity index (χ1n) is 16.1. The largest absolute Gasteiger partial charge is 0.446 e. The summed E-state index contributed by atoms with van der Waals surface area (Å²) in [7, 11) is 0. The molecule has 2 saturated heterocycles. The number of piperazine rings is 1. The van der Waals surface area contributed by atoms with Crippen molar-refractivity contribution in [3.05, 3.63) is 59.0 Å². The van der Waals surface area contributed by atoms with E-state index in [-0.39, 0.29) is 23.8 Å². The van der Waals surface area contributed by atoms with Crippen LogP contribution in [0.15, 0.2) is 36.4 Å². The minimum absolute atomic E-state index is 0.0253. The van der Waals surface area contributed by atoms with Gasteiger partial charge in [-0.15, -0.1) is 0 Å². The molecule has 234 valence electrons. The number of hydrogen-bond donors (Lipinski definition) is 2. The molecule has 1 saturated carbocycles. The molecule has 1 aromatic heterocycles. The van der Waals surface area contributed by atoms with Crippen LogP contribution < -0.4 is 20.9 Å². The minimum Gasteiger partial charge on any atom is -0.446 e. The highest BCUT2D eigenvalue weighted by molar-refractivity contribution is 6.03. The van der Waals surface area contributed by atoms with Gasteiger partial charge in [0.15, 0.2) is 5.82 Å². The van der Waals surface area contributed by atoms with Crippen LogP contribution in [-0.2, 0) is 17.7 Å². The van der Waals surface area contributed by atoms with E-state index in [2.05, 4.69) is 69.4 Å². The highest BCUT2D eigenvalue weighted by Gasteiger charge is 2.56. The first-order chi connectivity index (χ1) is 21.9. The normalized spacial score (nSPS) is 21.6. The summed E-state index contributed by atoms with van der Waals surface area (Å²) < 4.78 is 5.24. The Bertz CT molecular complexity index is 1670. The second-order valence-electron chi connectivity index (χ2n) is 12.9. The summed E-state index contributed by atoms with van der Waals surface area (Å²) in [5.74, 6) is 1.09. The number of primary amides is 1. The van der Waals surface area contributed by atoms with Crippen LogP contribution in [0.1, 0.15) is 59.5 Å². The summed E-state index contributed by atoms with van der Waals surface area (Å²) in [6, 6.07) is 15.2. The van der Waals surface area contributed by atoms with Gasteiger partial charge in [-0.1, -0.05) is 30.3 Å². The molecular formula is C34H40N8O3. The van der Waals surface area contributed by atoms with Crippen molar-refractivity contribution in [1.82, 2.24) is 20.2 Å². The topological polar surface area (TPSA) is 141 Å². The third-order valence-electron chi connectivity index (χ3n) is 10.0. The number of fused-ring (bicyclic) bond motifs is 2. The van der Waals surface area contributed by atoms with E-state index in [1.165, 1.54) is 22.0 Å². The van der Waals surface area contributed by atoms with Crippen LogP contribution in [0.25, 0.3) is 10.8 Å². The molecule has 7 rings (SSSR count). The van der Waals surface area contributed by atoms with Crippen LogP contribution in [0, 0.1) is 18.3 Å². The number of rotatable bonds is 7. The molecule has 3 fully saturated rings. The zero-order valence-corrected chi connectivity index (χ0v) is 25.8. The molecule has 4 heterocycles. The number of aryl methyl sites for hydroxylation is 1. The Balaban J connectivity index is 1.23. The van der Waals surface area contributed by atoms with Crippen molar-refractivity contribution in [2.75, 3.05) is 49.1 Å². The molecule has 0 spiro atoms. The highest BCUT2D eigenvalue weighted by Crippen LogP contribution is 2.46. The van der Waals surface area contributed by atoms with Gasteiger partial charge in [-0.25, -0.2) is 14.8 Å². The number of nitrogens with zero attached hydrogens (tertiary/aromatic N) is 6. The number of carbonyl (C=O) groups is 2. The third kappa shape index (κ3) is 5.57. The molecule has 0 bridgehead atoms. The van der Waals surface area contributed by atoms with Crippen molar-refractivity contribution in [2.45, 2.75) is 69.7 Å². The molecule has 0 radical (unpaired) electrons. The van der Waals surface area contributed by atoms with Crippen molar-refractivity contribution >= 4 is 34.2 Å². The zero-order chi connectivity index (χ0) is 31.1. The molecule has 3 N–H and O–H groups in total. The van der Waals surface area contributed by atoms with Gasteiger partial charge in [0.25, 0.3) is 0 Å². The average Bonchev–Trinajstić information content (AvgIpc) is 3.86. The van der Waals surface area contributed by atoms with E-state index in [1.54, 1.807) is 0 Å². The molecule has 1 amide bonds. The SMILES string of the molecule is Cc1cccc2cccc(N3CCc4c(nc(C(=O)C5(N6CCC(OC(N)=O)CC6)CC5)nc4N4CCNC(CC#N)C4)C3)c12. The van der Waals surface area contributed by atoms with Gasteiger partial charge in [0.05, 0.1) is 30.3 Å². The molecule has 3 aliphatic heterocycles. The summed E-state index contributed by atoms with van der Waals surface area (Å²) in [5, 5.41) is 15.3. The van der Waals surface area contributed by atoms with Crippen molar-refractivity contribution in [2.24, 2.45) is 5.73 Å². The summed E-state index contributed by atoms with van der Waals surface area (Å²) in [5.41, 5.74) is 9.05. The number of nitriles is 1. The molecule has 1 atom stereocenters. The Labute approximate surface area is 263 Å². The molecule has 4 aliphatic rings. The monoisotopic (exact) mass is 608 g/mol. The number of hydrogen-bond acceptors (Lipinski definition) is 10. The van der Waals surface area contributed by atoms with Crippen molar-refractivity contribution in [3.63, 3.8) is 0 Å². The van der Waals surface area contributed by atoms with Gasteiger partial charge in [-0.05, 0) is 56.0 Å². The van der Waals surface area contributed by atoms with E-state index in [0.29, 0.717) is 45.4 Å². The average molecular weight is 609 g/mol. The molecule has 11 heteroatoms. The first-order valence-corrected chi connectivity index (χ1v) is 16.1. The summed E-state index contributed by atoms with van der Waals surface area (Å²) in [4.78, 5) is 42.6. The number of benzene rings is 2. The molecule has 11 nitrogen and oxygen atoms in total. The van der Waals surface area contributed by atoms with E-state index in [1.807, 2.05) is 0 Å². The Kier molecular flexibility index (Phi) is 7.79. The zero-order valence-electron chi connectivity index (χ0n) is 25.8. The Morgan fingerprint density at radius 3 is 2.60 bits per heavy atom. The van der Waals surface area contributed by atoms with Crippen LogP contribution in [-0.4, -0.2) is 83.7 Å². The summed E-state index contributed by atoms with van der Waals surface area (Å²) in [6.07, 6.45) is 3.05. The third-order valence-corrected chi connectivity index (χ3v) is 10.0. The van der Waals surface area contributed by atoms with Crippen molar-refractivity contribution < 1.29 is 14.3 Å². The van der Waals surface area contributed by atoms with E-state index in [9.17, 15) is 14.9 Å². The van der Waals surface area contributed by atoms with E-state index < -0.39 is 11.6 Å². The number of ether oxygens (including phenoxy) is 1. The predicted octanol–water partition coefficient (Wildman–Crippen LogP) is 3.47. The Hall–Kier alpha value is -4.27. The second kappa shape index (κ2) is 11.9. The molecule has 3 aromatic rings. The summed E-state index contributed by atoms with van der Waals surface area (Å²) >= 11 is 0. The Morgan fingerprint density at radius 1 is 1.09 bits per heavy atom. The number of carbonyl (C=O) groups excluding carboxylic acids is 2. The first kappa shape index (κ1) is 29.4. The van der Waals surface area contributed by atoms with Gasteiger partial charge in [0.1, 0.15) is 11.9 Å². The van der Waals surface area contributed by atoms with Gasteiger partial charge in [0, 0.05) is 61.9 Å². The number of aromatic nitrogens is 2. The number of ketones is 1. The fraction of sp³-hybridized carbons (Fsp3) is 0.500. The maximum atomic E-state index is 14.4. The number of Topliss-reactive ketones (excluding diaryl/α,β-unsaturated/α-hetero) is 1. The lowest BCUT2D eigenvalue weighted by atomic mass is 9.98. The summed E-state index contributed by atoms with van der Waals surface area (Å²) in [6.45, 7) is 7.05. The molecule has 45 heavy (non-hydrogen) atoms. The highest BCUT2D eigenvalue weighted by atomic mass is 16.6. The standard InChI is InChI=1S/C34H40N8O3/c1-22-4-2-5-23-6-3-7-28(29(22)23)40-16-11-26-27(21-40)38-31(39-32(26)41-19-15-37-24(20-41)8-14-35)30(43)34(12-13-34)42-17-9-25(10-18-42)45-33(36)44/h2-7,24-25,37H,8-13,15-21H2,1H3,(H2,36,44).